The third-order valence-corrected chi connectivity index (χ3v) is 3.27. The topological polar surface area (TPSA) is 76.6 Å². The molecule has 2 rings (SSSR count). The number of aromatic nitrogens is 2. The van der Waals surface area contributed by atoms with Crippen molar-refractivity contribution in [3.8, 4) is 11.9 Å². The van der Waals surface area contributed by atoms with E-state index in [1.54, 1.807) is 17.2 Å². The number of rotatable bonds is 5. The minimum absolute atomic E-state index is 0.0228. The summed E-state index contributed by atoms with van der Waals surface area (Å²) in [4.78, 5) is 21.8. The van der Waals surface area contributed by atoms with Gasteiger partial charge in [0.25, 0.3) is 0 Å². The Labute approximate surface area is 124 Å². The molecule has 0 aromatic carbocycles. The van der Waals surface area contributed by atoms with E-state index in [1.807, 2.05) is 6.92 Å². The van der Waals surface area contributed by atoms with E-state index in [1.165, 1.54) is 7.11 Å². The number of ether oxygens (including phenoxy) is 2. The summed E-state index contributed by atoms with van der Waals surface area (Å²) in [6, 6.07) is 1.95. The van der Waals surface area contributed by atoms with E-state index in [9.17, 15) is 4.79 Å². The number of carbonyl (C=O) groups excluding carboxylic acids is 1. The minimum Gasteiger partial charge on any atom is -0.472 e. The van der Waals surface area contributed by atoms with Crippen LogP contribution in [0.25, 0.3) is 0 Å². The van der Waals surface area contributed by atoms with E-state index >= 15 is 0 Å². The molecule has 0 radical (unpaired) electrons. The van der Waals surface area contributed by atoms with Gasteiger partial charge >= 0.3 is 12.0 Å². The van der Waals surface area contributed by atoms with Crippen LogP contribution in [0.5, 0.6) is 11.9 Å². The number of hydrogen-bond acceptors (Lipinski definition) is 5. The van der Waals surface area contributed by atoms with Gasteiger partial charge in [-0.3, -0.25) is 0 Å². The Morgan fingerprint density at radius 3 is 3.19 bits per heavy atom. The van der Waals surface area contributed by atoms with Gasteiger partial charge in [-0.1, -0.05) is 6.92 Å². The van der Waals surface area contributed by atoms with Crippen molar-refractivity contribution >= 4 is 6.03 Å². The van der Waals surface area contributed by atoms with E-state index in [-0.39, 0.29) is 18.1 Å². The molecule has 1 aromatic rings. The van der Waals surface area contributed by atoms with Gasteiger partial charge in [-0.25, -0.2) is 9.78 Å². The molecule has 0 saturated carbocycles. The zero-order valence-electron chi connectivity index (χ0n) is 12.5. The molecule has 2 amide bonds. The fraction of sp³-hybridized carbons (Fsp3) is 0.643. The highest BCUT2D eigenvalue weighted by Gasteiger charge is 2.25. The lowest BCUT2D eigenvalue weighted by molar-refractivity contribution is 0.0971. The number of amides is 2. The van der Waals surface area contributed by atoms with Gasteiger partial charge in [-0.15, -0.1) is 0 Å². The van der Waals surface area contributed by atoms with Gasteiger partial charge in [-0.2, -0.15) is 4.98 Å². The number of methoxy groups -OCH3 is 1. The summed E-state index contributed by atoms with van der Waals surface area (Å²) < 4.78 is 10.8. The van der Waals surface area contributed by atoms with E-state index < -0.39 is 0 Å². The first-order valence-electron chi connectivity index (χ1n) is 7.29. The van der Waals surface area contributed by atoms with E-state index in [2.05, 4.69) is 15.3 Å². The molecule has 7 nitrogen and oxygen atoms in total. The predicted octanol–water partition coefficient (Wildman–Crippen LogP) is 1.45. The number of likely N-dealkylation sites (tertiary alicyclic amines) is 1. The van der Waals surface area contributed by atoms with Crippen molar-refractivity contribution in [2.24, 2.45) is 0 Å². The molecule has 1 aliphatic rings. The number of urea groups is 1. The molecule has 1 unspecified atom stereocenters. The molecule has 7 heteroatoms. The fourth-order valence-electron chi connectivity index (χ4n) is 2.22. The zero-order chi connectivity index (χ0) is 15.1. The van der Waals surface area contributed by atoms with Gasteiger partial charge in [-0.05, 0) is 19.3 Å². The molecular weight excluding hydrogens is 272 g/mol. The van der Waals surface area contributed by atoms with Crippen LogP contribution in [0, 0.1) is 0 Å². The molecule has 2 heterocycles. The van der Waals surface area contributed by atoms with Crippen molar-refractivity contribution in [2.45, 2.75) is 32.3 Å². The summed E-state index contributed by atoms with van der Waals surface area (Å²) in [7, 11) is 1.51. The standard InChI is InChI=1S/C14H22N4O3/c1-3-7-16-14(19)18-9-4-5-11(10-18)21-12-6-8-15-13(17-12)20-2/h6,8,11H,3-5,7,9-10H2,1-2H3,(H,16,19). The average molecular weight is 294 g/mol. The van der Waals surface area contributed by atoms with Crippen LogP contribution in [0.1, 0.15) is 26.2 Å². The molecule has 0 spiro atoms. The van der Waals surface area contributed by atoms with Crippen LogP contribution < -0.4 is 14.8 Å². The summed E-state index contributed by atoms with van der Waals surface area (Å²) in [5, 5.41) is 2.89. The maximum absolute atomic E-state index is 12.0. The third kappa shape index (κ3) is 4.47. The molecule has 1 N–H and O–H groups in total. The van der Waals surface area contributed by atoms with Crippen LogP contribution in [0.2, 0.25) is 0 Å². The van der Waals surface area contributed by atoms with Crippen LogP contribution in [0.3, 0.4) is 0 Å². The lowest BCUT2D eigenvalue weighted by Gasteiger charge is -2.32. The number of piperidine rings is 1. The van der Waals surface area contributed by atoms with Gasteiger partial charge in [0.15, 0.2) is 0 Å². The summed E-state index contributed by atoms with van der Waals surface area (Å²) in [5.74, 6) is 0.475. The van der Waals surface area contributed by atoms with Crippen LogP contribution in [0.15, 0.2) is 12.3 Å². The summed E-state index contributed by atoms with van der Waals surface area (Å²) >= 11 is 0. The van der Waals surface area contributed by atoms with Crippen molar-refractivity contribution in [1.82, 2.24) is 20.2 Å². The first-order chi connectivity index (χ1) is 10.2. The molecule has 1 atom stereocenters. The van der Waals surface area contributed by atoms with Gasteiger partial charge in [0, 0.05) is 25.4 Å². The largest absolute Gasteiger partial charge is 0.472 e. The first-order valence-corrected chi connectivity index (χ1v) is 7.29. The molecule has 1 fully saturated rings. The fourth-order valence-corrected chi connectivity index (χ4v) is 2.22. The number of nitrogens with one attached hydrogen (secondary N) is 1. The van der Waals surface area contributed by atoms with Crippen LogP contribution in [0.4, 0.5) is 4.79 Å². The molecule has 21 heavy (non-hydrogen) atoms. The van der Waals surface area contributed by atoms with Crippen LogP contribution >= 0.6 is 0 Å². The lowest BCUT2D eigenvalue weighted by Crippen LogP contribution is -2.48. The highest BCUT2D eigenvalue weighted by Crippen LogP contribution is 2.17. The number of carbonyl (C=O) groups is 1. The average Bonchev–Trinajstić information content (AvgIpc) is 2.53. The molecule has 1 aliphatic heterocycles. The second-order valence-corrected chi connectivity index (χ2v) is 4.94. The predicted molar refractivity (Wildman–Crippen MR) is 77.5 cm³/mol. The summed E-state index contributed by atoms with van der Waals surface area (Å²) in [6.45, 7) is 4.07. The maximum atomic E-state index is 12.0. The Bertz CT molecular complexity index is 469. The molecule has 0 bridgehead atoms. The first kappa shape index (κ1) is 15.3. The summed E-state index contributed by atoms with van der Waals surface area (Å²) in [6.07, 6.45) is 4.30. The Morgan fingerprint density at radius 1 is 1.57 bits per heavy atom. The minimum atomic E-state index is -0.0502. The molecule has 1 saturated heterocycles. The molecule has 0 aliphatic carbocycles. The van der Waals surface area contributed by atoms with Crippen molar-refractivity contribution in [3.63, 3.8) is 0 Å². The van der Waals surface area contributed by atoms with Gasteiger partial charge in [0.1, 0.15) is 6.10 Å². The highest BCUT2D eigenvalue weighted by molar-refractivity contribution is 5.74. The van der Waals surface area contributed by atoms with Gasteiger partial charge < -0.3 is 19.7 Å². The normalized spacial score (nSPS) is 18.2. The number of hydrogen-bond donors (Lipinski definition) is 1. The van der Waals surface area contributed by atoms with E-state index in [0.717, 1.165) is 25.8 Å². The van der Waals surface area contributed by atoms with E-state index in [4.69, 9.17) is 9.47 Å². The second kappa shape index (κ2) is 7.66. The Balaban J connectivity index is 1.90. The van der Waals surface area contributed by atoms with Gasteiger partial charge in [0.05, 0.1) is 13.7 Å². The van der Waals surface area contributed by atoms with Crippen molar-refractivity contribution in [3.05, 3.63) is 12.3 Å². The quantitative estimate of drug-likeness (QED) is 0.889. The second-order valence-electron chi connectivity index (χ2n) is 4.94. The number of nitrogens with zero attached hydrogens (tertiary/aromatic N) is 3. The smallest absolute Gasteiger partial charge is 0.319 e. The molecular formula is C14H22N4O3. The molecule has 1 aromatic heterocycles. The lowest BCUT2D eigenvalue weighted by atomic mass is 10.1. The summed E-state index contributed by atoms with van der Waals surface area (Å²) in [5.41, 5.74) is 0. The van der Waals surface area contributed by atoms with E-state index in [0.29, 0.717) is 19.0 Å². The third-order valence-electron chi connectivity index (χ3n) is 3.27. The van der Waals surface area contributed by atoms with Crippen molar-refractivity contribution in [1.29, 1.82) is 0 Å². The Kier molecular flexibility index (Phi) is 5.59. The van der Waals surface area contributed by atoms with Crippen LogP contribution in [-0.4, -0.2) is 53.7 Å². The monoisotopic (exact) mass is 294 g/mol. The van der Waals surface area contributed by atoms with Crippen molar-refractivity contribution in [2.75, 3.05) is 26.7 Å². The van der Waals surface area contributed by atoms with Crippen LogP contribution in [-0.2, 0) is 0 Å². The highest BCUT2D eigenvalue weighted by atomic mass is 16.5. The SMILES string of the molecule is CCCNC(=O)N1CCCC(Oc2ccnc(OC)n2)C1. The zero-order valence-corrected chi connectivity index (χ0v) is 12.5. The van der Waals surface area contributed by atoms with Gasteiger partial charge in [0.2, 0.25) is 5.88 Å². The van der Waals surface area contributed by atoms with Crippen molar-refractivity contribution < 1.29 is 14.3 Å². The maximum Gasteiger partial charge on any atom is 0.319 e. The Morgan fingerprint density at radius 2 is 2.43 bits per heavy atom. The Hall–Kier alpha value is -2.05. The molecule has 116 valence electrons.